The minimum atomic E-state index is -0.863. The van der Waals surface area contributed by atoms with Crippen LogP contribution in [0.25, 0.3) is 0 Å². The molecule has 0 atom stereocenters. The smallest absolute Gasteiger partial charge is 0.318 e. The van der Waals surface area contributed by atoms with Crippen molar-refractivity contribution < 1.29 is 14.3 Å². The monoisotopic (exact) mass is 223 g/mol. The summed E-state index contributed by atoms with van der Waals surface area (Å²) >= 11 is 0. The summed E-state index contributed by atoms with van der Waals surface area (Å²) in [7, 11) is 0. The highest BCUT2D eigenvalue weighted by Crippen LogP contribution is 2.12. The number of nitrogen functional groups attached to an aromatic ring is 1. The molecule has 0 saturated carbocycles. The van der Waals surface area contributed by atoms with Crippen LogP contribution < -0.4 is 21.5 Å². The lowest BCUT2D eigenvalue weighted by Crippen LogP contribution is -2.35. The van der Waals surface area contributed by atoms with E-state index in [1.807, 2.05) is 5.32 Å². The number of imide groups is 1. The topological polar surface area (TPSA) is 107 Å². The number of hydrogen-bond donors (Lipinski definition) is 3. The van der Waals surface area contributed by atoms with E-state index in [1.54, 1.807) is 24.3 Å². The maximum Gasteiger partial charge on any atom is 0.318 e. The summed E-state index contributed by atoms with van der Waals surface area (Å²) < 4.78 is 5.24. The Hall–Kier alpha value is -2.24. The van der Waals surface area contributed by atoms with E-state index in [9.17, 15) is 9.59 Å². The molecule has 0 saturated heterocycles. The van der Waals surface area contributed by atoms with Gasteiger partial charge in [0, 0.05) is 5.69 Å². The van der Waals surface area contributed by atoms with Crippen molar-refractivity contribution in [3.8, 4) is 5.75 Å². The molecule has 0 aliphatic carbocycles. The van der Waals surface area contributed by atoms with E-state index in [2.05, 4.69) is 0 Å². The third-order valence-electron chi connectivity index (χ3n) is 1.74. The second-order valence-electron chi connectivity index (χ2n) is 3.08. The van der Waals surface area contributed by atoms with Gasteiger partial charge >= 0.3 is 6.03 Å². The molecule has 86 valence electrons. The largest absolute Gasteiger partial charge is 0.493 e. The van der Waals surface area contributed by atoms with Gasteiger partial charge in [-0.2, -0.15) is 0 Å². The Balaban J connectivity index is 2.28. The first kappa shape index (κ1) is 11.8. The van der Waals surface area contributed by atoms with Crippen LogP contribution in [-0.4, -0.2) is 18.5 Å². The maximum atomic E-state index is 11.0. The van der Waals surface area contributed by atoms with E-state index >= 15 is 0 Å². The van der Waals surface area contributed by atoms with Crippen molar-refractivity contribution in [3.63, 3.8) is 0 Å². The number of ether oxygens (including phenoxy) is 1. The molecule has 6 nitrogen and oxygen atoms in total. The molecule has 0 aliphatic rings. The van der Waals surface area contributed by atoms with Crippen molar-refractivity contribution in [2.45, 2.75) is 6.42 Å². The predicted octanol–water partition coefficient (Wildman–Crippen LogP) is 0.233. The summed E-state index contributed by atoms with van der Waals surface area (Å²) in [6, 6.07) is 5.91. The average molecular weight is 223 g/mol. The third-order valence-corrected chi connectivity index (χ3v) is 1.74. The van der Waals surface area contributed by atoms with Crippen LogP contribution >= 0.6 is 0 Å². The molecule has 0 radical (unpaired) electrons. The summed E-state index contributed by atoms with van der Waals surface area (Å²) in [6.45, 7) is 0.170. The molecule has 0 heterocycles. The Morgan fingerprint density at radius 3 is 2.44 bits per heavy atom. The van der Waals surface area contributed by atoms with Gasteiger partial charge in [0.15, 0.2) is 0 Å². The minimum Gasteiger partial charge on any atom is -0.493 e. The molecule has 6 heteroatoms. The molecule has 0 unspecified atom stereocenters. The highest BCUT2D eigenvalue weighted by atomic mass is 16.5. The Kier molecular flexibility index (Phi) is 4.14. The Morgan fingerprint density at radius 2 is 1.88 bits per heavy atom. The fourth-order valence-corrected chi connectivity index (χ4v) is 1.03. The zero-order valence-corrected chi connectivity index (χ0v) is 8.60. The van der Waals surface area contributed by atoms with Gasteiger partial charge < -0.3 is 16.2 Å². The normalized spacial score (nSPS) is 9.50. The fraction of sp³-hybridized carbons (Fsp3) is 0.200. The van der Waals surface area contributed by atoms with Gasteiger partial charge in [-0.05, 0) is 24.3 Å². The number of anilines is 1. The van der Waals surface area contributed by atoms with E-state index in [1.165, 1.54) is 0 Å². The first-order valence-electron chi connectivity index (χ1n) is 4.65. The van der Waals surface area contributed by atoms with E-state index in [0.717, 1.165) is 0 Å². The number of rotatable bonds is 4. The van der Waals surface area contributed by atoms with Gasteiger partial charge in [0.1, 0.15) is 5.75 Å². The summed E-state index contributed by atoms with van der Waals surface area (Å²) in [5, 5.41) is 1.94. The third kappa shape index (κ3) is 4.32. The van der Waals surface area contributed by atoms with Crippen LogP contribution in [0.1, 0.15) is 6.42 Å². The summed E-state index contributed by atoms with van der Waals surface area (Å²) in [6.07, 6.45) is 0.0628. The van der Waals surface area contributed by atoms with Gasteiger partial charge in [0.25, 0.3) is 0 Å². The number of urea groups is 1. The number of hydrogen-bond acceptors (Lipinski definition) is 4. The number of nitrogens with one attached hydrogen (secondary N) is 1. The molecule has 1 aromatic rings. The number of carbonyl (C=O) groups excluding carboxylic acids is 2. The van der Waals surface area contributed by atoms with E-state index in [-0.39, 0.29) is 13.0 Å². The molecule has 0 aromatic heterocycles. The van der Waals surface area contributed by atoms with Crippen molar-refractivity contribution in [1.82, 2.24) is 5.32 Å². The highest BCUT2D eigenvalue weighted by molar-refractivity contribution is 5.93. The van der Waals surface area contributed by atoms with Crippen molar-refractivity contribution in [2.75, 3.05) is 12.3 Å². The maximum absolute atomic E-state index is 11.0. The second-order valence-corrected chi connectivity index (χ2v) is 3.08. The fourth-order valence-electron chi connectivity index (χ4n) is 1.03. The Morgan fingerprint density at radius 1 is 1.25 bits per heavy atom. The lowest BCUT2D eigenvalue weighted by atomic mass is 10.3. The molecule has 16 heavy (non-hydrogen) atoms. The lowest BCUT2D eigenvalue weighted by molar-refractivity contribution is -0.120. The molecule has 5 N–H and O–H groups in total. The molecule has 1 aromatic carbocycles. The van der Waals surface area contributed by atoms with Crippen LogP contribution in [0, 0.1) is 0 Å². The zero-order chi connectivity index (χ0) is 12.0. The van der Waals surface area contributed by atoms with Crippen LogP contribution in [0.2, 0.25) is 0 Å². The van der Waals surface area contributed by atoms with Crippen LogP contribution in [0.3, 0.4) is 0 Å². The number of nitrogens with two attached hydrogens (primary N) is 2. The molecule has 0 bridgehead atoms. The number of primary amides is 1. The average Bonchev–Trinajstić information content (AvgIpc) is 2.20. The van der Waals surface area contributed by atoms with Gasteiger partial charge in [0.05, 0.1) is 13.0 Å². The second kappa shape index (κ2) is 5.59. The van der Waals surface area contributed by atoms with Crippen LogP contribution in [0.15, 0.2) is 24.3 Å². The number of amides is 3. The summed E-state index contributed by atoms with van der Waals surface area (Å²) in [5.41, 5.74) is 10.9. The quantitative estimate of drug-likeness (QED) is 0.635. The standard InChI is InChI=1S/C10H13N3O3/c11-7-1-3-8(4-2-7)16-6-5-9(14)13-10(12)15/h1-4H,5-6,11H2,(H3,12,13,14,15). The van der Waals surface area contributed by atoms with Gasteiger partial charge in [-0.1, -0.05) is 0 Å². The summed E-state index contributed by atoms with van der Waals surface area (Å²) in [4.78, 5) is 21.3. The zero-order valence-electron chi connectivity index (χ0n) is 8.60. The molecule has 0 spiro atoms. The molecular weight excluding hydrogens is 210 g/mol. The van der Waals surface area contributed by atoms with E-state index < -0.39 is 11.9 Å². The van der Waals surface area contributed by atoms with Crippen LogP contribution in [0.4, 0.5) is 10.5 Å². The van der Waals surface area contributed by atoms with Gasteiger partial charge in [-0.25, -0.2) is 4.79 Å². The highest BCUT2D eigenvalue weighted by Gasteiger charge is 2.03. The minimum absolute atomic E-state index is 0.0628. The first-order valence-corrected chi connectivity index (χ1v) is 4.65. The van der Waals surface area contributed by atoms with Gasteiger partial charge in [-0.3, -0.25) is 10.1 Å². The lowest BCUT2D eigenvalue weighted by Gasteiger charge is -2.05. The molecule has 1 rings (SSSR count). The van der Waals surface area contributed by atoms with Crippen molar-refractivity contribution in [3.05, 3.63) is 24.3 Å². The van der Waals surface area contributed by atoms with Gasteiger partial charge in [-0.15, -0.1) is 0 Å². The molecule has 0 aliphatic heterocycles. The number of carbonyl (C=O) groups is 2. The van der Waals surface area contributed by atoms with Gasteiger partial charge in [0.2, 0.25) is 5.91 Å². The predicted molar refractivity (Wildman–Crippen MR) is 58.7 cm³/mol. The summed E-state index contributed by atoms with van der Waals surface area (Å²) in [5.74, 6) is 0.143. The SMILES string of the molecule is NC(=O)NC(=O)CCOc1ccc(N)cc1. The molecular formula is C10H13N3O3. The molecule has 0 fully saturated rings. The number of benzene rings is 1. The van der Waals surface area contributed by atoms with Crippen molar-refractivity contribution in [2.24, 2.45) is 5.73 Å². The van der Waals surface area contributed by atoms with E-state index in [4.69, 9.17) is 16.2 Å². The first-order chi connectivity index (χ1) is 7.58. The van der Waals surface area contributed by atoms with Crippen molar-refractivity contribution in [1.29, 1.82) is 0 Å². The molecule has 3 amide bonds. The van der Waals surface area contributed by atoms with Crippen molar-refractivity contribution >= 4 is 17.6 Å². The Bertz CT molecular complexity index is 375. The Labute approximate surface area is 92.6 Å². The van der Waals surface area contributed by atoms with Crippen LogP contribution in [-0.2, 0) is 4.79 Å². The van der Waals surface area contributed by atoms with E-state index in [0.29, 0.717) is 11.4 Å². The van der Waals surface area contributed by atoms with Crippen LogP contribution in [0.5, 0.6) is 5.75 Å².